The summed E-state index contributed by atoms with van der Waals surface area (Å²) in [7, 11) is 0. The van der Waals surface area contributed by atoms with Crippen LogP contribution in [0.4, 0.5) is 5.95 Å². The van der Waals surface area contributed by atoms with E-state index in [-0.39, 0.29) is 11.5 Å². The van der Waals surface area contributed by atoms with Crippen LogP contribution in [0.15, 0.2) is 30.9 Å². The zero-order valence-corrected chi connectivity index (χ0v) is 15.8. The van der Waals surface area contributed by atoms with E-state index in [9.17, 15) is 0 Å². The molecule has 0 amide bonds. The van der Waals surface area contributed by atoms with Crippen molar-refractivity contribution in [1.29, 1.82) is 0 Å². The number of nitrogens with zero attached hydrogens (tertiary/aromatic N) is 6. The fourth-order valence-corrected chi connectivity index (χ4v) is 4.82. The molecule has 2 N–H and O–H groups in total. The first-order valence-corrected chi connectivity index (χ1v) is 9.54. The van der Waals surface area contributed by atoms with Gasteiger partial charge in [0.25, 0.3) is 0 Å². The van der Waals surface area contributed by atoms with E-state index in [1.54, 1.807) is 6.33 Å². The largest absolute Gasteiger partial charge is 0.342 e. The molecule has 1 aliphatic heterocycles. The molecule has 1 spiro atoms. The number of hydrogen-bond donors (Lipinski definition) is 1. The molecule has 4 heterocycles. The Morgan fingerprint density at radius 1 is 1.24 bits per heavy atom. The van der Waals surface area contributed by atoms with Gasteiger partial charge < -0.3 is 10.6 Å². The Morgan fingerprint density at radius 2 is 2.08 bits per heavy atom. The van der Waals surface area contributed by atoms with Crippen LogP contribution in [-0.4, -0.2) is 37.7 Å². The third-order valence-corrected chi connectivity index (χ3v) is 6.50. The summed E-state index contributed by atoms with van der Waals surface area (Å²) in [5.74, 6) is 0.914. The van der Waals surface area contributed by atoms with Crippen LogP contribution in [0.2, 0.25) is 0 Å². The van der Waals surface area contributed by atoms with Crippen molar-refractivity contribution < 1.29 is 0 Å². The summed E-state index contributed by atoms with van der Waals surface area (Å²) in [4.78, 5) is 11.5. The average molecular weight is 447 g/mol. The third kappa shape index (κ3) is 2.27. The highest BCUT2D eigenvalue weighted by Crippen LogP contribution is 2.50. The van der Waals surface area contributed by atoms with Crippen LogP contribution in [0.5, 0.6) is 0 Å². The lowest BCUT2D eigenvalue weighted by Gasteiger charge is -2.42. The van der Waals surface area contributed by atoms with E-state index in [1.165, 1.54) is 5.56 Å². The Kier molecular flexibility index (Phi) is 3.46. The van der Waals surface area contributed by atoms with Crippen LogP contribution >= 0.6 is 22.6 Å². The second-order valence-corrected chi connectivity index (χ2v) is 8.14. The Morgan fingerprint density at radius 3 is 2.88 bits per heavy atom. The van der Waals surface area contributed by atoms with Crippen LogP contribution in [0, 0.1) is 8.99 Å². The molecule has 0 bridgehead atoms. The zero-order chi connectivity index (χ0) is 17.0. The van der Waals surface area contributed by atoms with Gasteiger partial charge in [-0.15, -0.1) is 10.2 Å². The first-order valence-electron chi connectivity index (χ1n) is 8.46. The molecule has 3 aromatic heterocycles. The van der Waals surface area contributed by atoms with Gasteiger partial charge in [0.2, 0.25) is 5.95 Å². The molecule has 0 saturated carbocycles. The number of anilines is 1. The minimum Gasteiger partial charge on any atom is -0.342 e. The summed E-state index contributed by atoms with van der Waals surface area (Å²) in [6, 6.07) is 4.22. The van der Waals surface area contributed by atoms with Gasteiger partial charge in [-0.1, -0.05) is 6.07 Å². The number of nitrogens with two attached hydrogens (primary N) is 1. The standard InChI is InChI=1S/C17H18IN7/c18-12-9-21-16(25-10-22-23-15(12)25)24-6-3-17(4-7-24)8-11-2-1-5-20-13(11)14(17)19/h1-2,5,9-10,14H,3-4,6-8,19H2/t14-/m1/s1. The maximum Gasteiger partial charge on any atom is 0.212 e. The van der Waals surface area contributed by atoms with E-state index in [1.807, 2.05) is 22.9 Å². The van der Waals surface area contributed by atoms with Crippen LogP contribution in [-0.2, 0) is 6.42 Å². The quantitative estimate of drug-likeness (QED) is 0.575. The average Bonchev–Trinajstić information content (AvgIpc) is 3.22. The molecule has 1 fully saturated rings. The summed E-state index contributed by atoms with van der Waals surface area (Å²) in [5.41, 5.74) is 10.0. The lowest BCUT2D eigenvalue weighted by atomic mass is 9.73. The Labute approximate surface area is 158 Å². The number of pyridine rings is 1. The molecule has 7 nitrogen and oxygen atoms in total. The van der Waals surface area contributed by atoms with E-state index in [0.29, 0.717) is 0 Å². The molecule has 1 saturated heterocycles. The Hall–Kier alpha value is -1.81. The van der Waals surface area contributed by atoms with E-state index >= 15 is 0 Å². The monoisotopic (exact) mass is 447 g/mol. The molecule has 0 aromatic carbocycles. The van der Waals surface area contributed by atoms with Gasteiger partial charge in [-0.2, -0.15) is 0 Å². The van der Waals surface area contributed by atoms with Gasteiger partial charge in [-0.3, -0.25) is 9.38 Å². The molecule has 25 heavy (non-hydrogen) atoms. The molecule has 5 rings (SSSR count). The van der Waals surface area contributed by atoms with Crippen molar-refractivity contribution in [2.24, 2.45) is 11.1 Å². The smallest absolute Gasteiger partial charge is 0.212 e. The van der Waals surface area contributed by atoms with Crippen molar-refractivity contribution in [1.82, 2.24) is 24.6 Å². The summed E-state index contributed by atoms with van der Waals surface area (Å²) in [6.45, 7) is 1.87. The summed E-state index contributed by atoms with van der Waals surface area (Å²) in [6.07, 6.45) is 8.58. The van der Waals surface area contributed by atoms with Gasteiger partial charge >= 0.3 is 0 Å². The third-order valence-electron chi connectivity index (χ3n) is 5.74. The fraction of sp³-hybridized carbons (Fsp3) is 0.412. The number of fused-ring (bicyclic) bond motifs is 2. The van der Waals surface area contributed by atoms with Crippen molar-refractivity contribution in [2.45, 2.75) is 25.3 Å². The van der Waals surface area contributed by atoms with Crippen molar-refractivity contribution in [3.05, 3.63) is 45.7 Å². The molecule has 1 aliphatic carbocycles. The van der Waals surface area contributed by atoms with Gasteiger partial charge in [-0.25, -0.2) is 4.98 Å². The van der Waals surface area contributed by atoms with E-state index in [4.69, 9.17) is 5.73 Å². The van der Waals surface area contributed by atoms with E-state index in [2.05, 4.69) is 53.7 Å². The maximum atomic E-state index is 6.61. The first-order chi connectivity index (χ1) is 12.2. The summed E-state index contributed by atoms with van der Waals surface area (Å²) < 4.78 is 2.98. The molecular weight excluding hydrogens is 429 g/mol. The second-order valence-electron chi connectivity index (χ2n) is 6.98. The van der Waals surface area contributed by atoms with Crippen LogP contribution in [0.1, 0.15) is 30.1 Å². The molecule has 128 valence electrons. The fourth-order valence-electron chi connectivity index (χ4n) is 4.31. The minimum atomic E-state index is 0.0328. The van der Waals surface area contributed by atoms with Gasteiger partial charge in [0.1, 0.15) is 6.33 Å². The van der Waals surface area contributed by atoms with Crippen molar-refractivity contribution in [3.8, 4) is 0 Å². The molecule has 0 unspecified atom stereocenters. The maximum absolute atomic E-state index is 6.61. The van der Waals surface area contributed by atoms with Crippen molar-refractivity contribution in [2.75, 3.05) is 18.0 Å². The van der Waals surface area contributed by atoms with Crippen LogP contribution in [0.3, 0.4) is 0 Å². The summed E-state index contributed by atoms with van der Waals surface area (Å²) >= 11 is 2.24. The molecule has 2 aliphatic rings. The molecule has 1 atom stereocenters. The highest BCUT2D eigenvalue weighted by molar-refractivity contribution is 14.1. The molecule has 0 radical (unpaired) electrons. The van der Waals surface area contributed by atoms with Gasteiger partial charge in [0.05, 0.1) is 15.3 Å². The summed E-state index contributed by atoms with van der Waals surface area (Å²) in [5, 5.41) is 8.24. The zero-order valence-electron chi connectivity index (χ0n) is 13.6. The molecule has 3 aromatic rings. The number of halogens is 1. The lowest BCUT2D eigenvalue weighted by Crippen LogP contribution is -2.45. The number of piperidine rings is 1. The van der Waals surface area contributed by atoms with Crippen LogP contribution < -0.4 is 10.6 Å². The van der Waals surface area contributed by atoms with Gasteiger partial charge in [0.15, 0.2) is 5.65 Å². The number of rotatable bonds is 1. The SMILES string of the molecule is N[C@@H]1c2ncccc2CC12CCN(c1ncc(I)c3nncn13)CC2. The lowest BCUT2D eigenvalue weighted by molar-refractivity contribution is 0.185. The van der Waals surface area contributed by atoms with E-state index < -0.39 is 0 Å². The van der Waals surface area contributed by atoms with Crippen molar-refractivity contribution in [3.63, 3.8) is 0 Å². The highest BCUT2D eigenvalue weighted by atomic mass is 127. The van der Waals surface area contributed by atoms with Gasteiger partial charge in [0, 0.05) is 25.5 Å². The topological polar surface area (TPSA) is 85.2 Å². The second kappa shape index (κ2) is 5.60. The minimum absolute atomic E-state index is 0.0328. The Balaban J connectivity index is 1.42. The van der Waals surface area contributed by atoms with Crippen molar-refractivity contribution >= 4 is 34.2 Å². The number of hydrogen-bond acceptors (Lipinski definition) is 6. The molecule has 8 heteroatoms. The number of aromatic nitrogens is 5. The van der Waals surface area contributed by atoms with Crippen LogP contribution in [0.25, 0.3) is 5.65 Å². The van der Waals surface area contributed by atoms with E-state index in [0.717, 1.165) is 53.2 Å². The molecular formula is C17H18IN7. The van der Waals surface area contributed by atoms with Gasteiger partial charge in [-0.05, 0) is 58.9 Å². The predicted molar refractivity (Wildman–Crippen MR) is 102 cm³/mol. The first kappa shape index (κ1) is 15.4. The predicted octanol–water partition coefficient (Wildman–Crippen LogP) is 1.97. The normalized spacial score (nSPS) is 21.8. The highest BCUT2D eigenvalue weighted by Gasteiger charge is 2.47. The Bertz CT molecular complexity index is 945.